The molecule has 102 valence electrons. The van der Waals surface area contributed by atoms with Crippen molar-refractivity contribution in [1.82, 2.24) is 0 Å². The molecule has 0 bridgehead atoms. The largest absolute Gasteiger partial charge is 1.00 e. The van der Waals surface area contributed by atoms with E-state index in [-0.39, 0.29) is 30.4 Å². The van der Waals surface area contributed by atoms with E-state index < -0.39 is 0 Å². The summed E-state index contributed by atoms with van der Waals surface area (Å²) < 4.78 is 5.49. The Morgan fingerprint density at radius 2 is 1.85 bits per heavy atom. The van der Waals surface area contributed by atoms with Crippen LogP contribution in [-0.2, 0) is 10.2 Å². The molecule has 0 radical (unpaired) electrons. The van der Waals surface area contributed by atoms with Gasteiger partial charge in [0.15, 0.2) is 0 Å². The predicted molar refractivity (Wildman–Crippen MR) is 78.0 cm³/mol. The van der Waals surface area contributed by atoms with Gasteiger partial charge in [-0.2, -0.15) is 0 Å². The summed E-state index contributed by atoms with van der Waals surface area (Å²) in [6.45, 7) is 6.86. The van der Waals surface area contributed by atoms with Crippen molar-refractivity contribution in [1.29, 1.82) is 0 Å². The van der Waals surface area contributed by atoms with E-state index in [1.54, 1.807) is 0 Å². The van der Waals surface area contributed by atoms with Gasteiger partial charge < -0.3 is 11.2 Å². The Morgan fingerprint density at radius 3 is 2.45 bits per heavy atom. The molecule has 0 amide bonds. The van der Waals surface area contributed by atoms with Crippen molar-refractivity contribution in [2.75, 3.05) is 0 Å². The van der Waals surface area contributed by atoms with Crippen molar-refractivity contribution in [2.24, 2.45) is 11.8 Å². The van der Waals surface area contributed by atoms with Crippen LogP contribution in [0.3, 0.4) is 0 Å². The molecule has 1 saturated carbocycles. The average Bonchev–Trinajstić information content (AvgIpc) is 2.40. The molecule has 20 heavy (non-hydrogen) atoms. The summed E-state index contributed by atoms with van der Waals surface area (Å²) in [6.07, 6.45) is 12.9. The summed E-state index contributed by atoms with van der Waals surface area (Å²) in [5.41, 5.74) is 1.43. The maximum atomic E-state index is 7.13. The Labute approximate surface area is 135 Å². The Morgan fingerprint density at radius 1 is 1.20 bits per heavy atom. The van der Waals surface area contributed by atoms with E-state index in [1.807, 2.05) is 0 Å². The second kappa shape index (κ2) is 7.26. The van der Waals surface area contributed by atoms with Gasteiger partial charge in [-0.3, -0.25) is 0 Å². The van der Waals surface area contributed by atoms with E-state index in [1.165, 1.54) is 12.0 Å². The second-order valence-corrected chi connectivity index (χ2v) is 6.37. The van der Waals surface area contributed by atoms with E-state index in [0.29, 0.717) is 11.8 Å². The minimum Gasteiger partial charge on any atom is -0.648 e. The van der Waals surface area contributed by atoms with Crippen molar-refractivity contribution in [2.45, 2.75) is 51.6 Å². The van der Waals surface area contributed by atoms with Gasteiger partial charge in [0.05, 0.1) is 0 Å². The zero-order chi connectivity index (χ0) is 13.9. The molecular formula is C18H23LiO. The monoisotopic (exact) mass is 262 g/mol. The summed E-state index contributed by atoms with van der Waals surface area (Å²) in [6, 6.07) is 10.6. The normalized spacial score (nSPS) is 26.2. The number of hydrogen-bond donors (Lipinski definition) is 0. The predicted octanol–water partition coefficient (Wildman–Crippen LogP) is 1.34. The van der Waals surface area contributed by atoms with Crippen molar-refractivity contribution in [3.63, 3.8) is 0 Å². The fourth-order valence-corrected chi connectivity index (χ4v) is 3.44. The van der Waals surface area contributed by atoms with E-state index in [4.69, 9.17) is 11.2 Å². The van der Waals surface area contributed by atoms with E-state index in [2.05, 4.69) is 57.2 Å². The smallest absolute Gasteiger partial charge is 0.648 e. The molecule has 0 aliphatic heterocycles. The average molecular weight is 262 g/mol. The van der Waals surface area contributed by atoms with Crippen LogP contribution in [0.4, 0.5) is 0 Å². The molecule has 1 fully saturated rings. The van der Waals surface area contributed by atoms with Crippen LogP contribution in [0.2, 0.25) is 0 Å². The molecule has 1 aromatic carbocycles. The molecule has 1 aliphatic rings. The number of rotatable bonds is 3. The van der Waals surface area contributed by atoms with Gasteiger partial charge in [0.1, 0.15) is 6.10 Å². The van der Waals surface area contributed by atoms with E-state index in [0.717, 1.165) is 12.8 Å². The van der Waals surface area contributed by atoms with Gasteiger partial charge in [-0.25, -0.2) is 0 Å². The van der Waals surface area contributed by atoms with Gasteiger partial charge in [0, 0.05) is 5.92 Å². The van der Waals surface area contributed by atoms with E-state index >= 15 is 0 Å². The van der Waals surface area contributed by atoms with Crippen molar-refractivity contribution in [3.8, 4) is 6.11 Å². The van der Waals surface area contributed by atoms with Gasteiger partial charge in [-0.15, -0.1) is 6.11 Å². The molecule has 1 aliphatic carbocycles. The first-order chi connectivity index (χ1) is 9.05. The fourth-order valence-electron chi connectivity index (χ4n) is 3.44. The third-order valence-electron chi connectivity index (χ3n) is 4.71. The Hall–Kier alpha value is -0.823. The Balaban J connectivity index is 0.00000200. The van der Waals surface area contributed by atoms with Crippen LogP contribution in [0.1, 0.15) is 45.6 Å². The van der Waals surface area contributed by atoms with Crippen molar-refractivity contribution >= 4 is 0 Å². The molecule has 0 spiro atoms. The number of ether oxygens (including phenoxy) is 1. The van der Waals surface area contributed by atoms with Gasteiger partial charge in [-0.05, 0) is 29.7 Å². The second-order valence-electron chi connectivity index (χ2n) is 6.37. The van der Waals surface area contributed by atoms with Crippen molar-refractivity contribution < 1.29 is 23.6 Å². The van der Waals surface area contributed by atoms with Crippen LogP contribution >= 0.6 is 0 Å². The van der Waals surface area contributed by atoms with Crippen LogP contribution in [-0.4, -0.2) is 6.10 Å². The Kier molecular flexibility index (Phi) is 6.26. The van der Waals surface area contributed by atoms with Gasteiger partial charge in [0.25, 0.3) is 0 Å². The molecule has 2 heteroatoms. The summed E-state index contributed by atoms with van der Waals surface area (Å²) in [4.78, 5) is 0. The van der Waals surface area contributed by atoms with E-state index in [9.17, 15) is 0 Å². The SMILES string of the molecule is [C-]#CO[C@@H]1C[C@H](C)CC[C@H]1C(C)(C)c1ccccc1.[Li+]. The first-order valence-corrected chi connectivity index (χ1v) is 7.18. The molecule has 3 atom stereocenters. The maximum absolute atomic E-state index is 7.13. The maximum Gasteiger partial charge on any atom is 1.00 e. The summed E-state index contributed by atoms with van der Waals surface area (Å²) >= 11 is 0. The molecule has 0 saturated heterocycles. The molecule has 0 aromatic heterocycles. The summed E-state index contributed by atoms with van der Waals surface area (Å²) in [7, 11) is 0. The standard InChI is InChI=1S/C18H23O.Li/c1-5-19-17-13-14(2)11-12-16(17)18(3,4)15-9-7-6-8-10-15;/h6-10,14,16-17H,11-13H2,2-4H3;/q-1;+1/t14-,16-,17-;/m1./s1. The number of benzene rings is 1. The summed E-state index contributed by atoms with van der Waals surface area (Å²) in [5, 5.41) is 0. The zero-order valence-corrected chi connectivity index (χ0v) is 13.1. The first kappa shape index (κ1) is 17.2. The minimum atomic E-state index is 0. The van der Waals surface area contributed by atoms with Gasteiger partial charge >= 0.3 is 18.9 Å². The topological polar surface area (TPSA) is 9.23 Å². The molecule has 2 rings (SSSR count). The quantitative estimate of drug-likeness (QED) is 0.454. The minimum absolute atomic E-state index is 0. The first-order valence-electron chi connectivity index (χ1n) is 7.18. The molecule has 1 aromatic rings. The third kappa shape index (κ3) is 3.63. The van der Waals surface area contributed by atoms with Crippen LogP contribution in [0, 0.1) is 24.4 Å². The molecule has 1 nitrogen and oxygen atoms in total. The van der Waals surface area contributed by atoms with Crippen LogP contribution in [0.25, 0.3) is 0 Å². The fraction of sp³-hybridized carbons (Fsp3) is 0.556. The molecule has 0 N–H and O–H groups in total. The Bertz CT molecular complexity index is 446. The van der Waals surface area contributed by atoms with Gasteiger partial charge in [0.2, 0.25) is 0 Å². The van der Waals surface area contributed by atoms with Crippen molar-refractivity contribution in [3.05, 3.63) is 42.3 Å². The molecular weight excluding hydrogens is 239 g/mol. The third-order valence-corrected chi connectivity index (χ3v) is 4.71. The van der Waals surface area contributed by atoms with Crippen LogP contribution in [0.15, 0.2) is 30.3 Å². The van der Waals surface area contributed by atoms with Gasteiger partial charge in [-0.1, -0.05) is 57.5 Å². The molecule has 0 unspecified atom stereocenters. The zero-order valence-electron chi connectivity index (χ0n) is 13.1. The van der Waals surface area contributed by atoms with Crippen LogP contribution < -0.4 is 18.9 Å². The number of hydrogen-bond acceptors (Lipinski definition) is 1. The summed E-state index contributed by atoms with van der Waals surface area (Å²) in [5.74, 6) is 1.13. The van der Waals surface area contributed by atoms with Crippen LogP contribution in [0.5, 0.6) is 0 Å². The molecule has 0 heterocycles.